The van der Waals surface area contributed by atoms with E-state index in [9.17, 15) is 13.2 Å². The molecule has 2 aromatic rings. The molecule has 0 aliphatic carbocycles. The number of aryl methyl sites for hydroxylation is 2. The molecule has 2 heterocycles. The van der Waals surface area contributed by atoms with E-state index < -0.39 is 10.0 Å². The van der Waals surface area contributed by atoms with Gasteiger partial charge >= 0.3 is 0 Å². The minimum Gasteiger partial charge on any atom is -0.354 e. The van der Waals surface area contributed by atoms with Crippen LogP contribution in [0.25, 0.3) is 0 Å². The highest BCUT2D eigenvalue weighted by atomic mass is 32.2. The summed E-state index contributed by atoms with van der Waals surface area (Å²) in [4.78, 5) is 16.6. The van der Waals surface area contributed by atoms with Crippen LogP contribution in [0.3, 0.4) is 0 Å². The molecule has 0 unspecified atom stereocenters. The van der Waals surface area contributed by atoms with Crippen LogP contribution in [0.4, 0.5) is 0 Å². The maximum atomic E-state index is 13.5. The lowest BCUT2D eigenvalue weighted by Gasteiger charge is -2.32. The molecular weight excluding hydrogens is 442 g/mol. The van der Waals surface area contributed by atoms with Crippen molar-refractivity contribution in [2.45, 2.75) is 51.5 Å². The fourth-order valence-corrected chi connectivity index (χ4v) is 7.38. The number of hydrogen-bond donors (Lipinski definition) is 1. The van der Waals surface area contributed by atoms with E-state index in [0.717, 1.165) is 22.3 Å². The minimum absolute atomic E-state index is 0.0178. The van der Waals surface area contributed by atoms with Crippen molar-refractivity contribution in [3.8, 4) is 0 Å². The van der Waals surface area contributed by atoms with Crippen molar-refractivity contribution in [2.75, 3.05) is 33.7 Å². The van der Waals surface area contributed by atoms with Gasteiger partial charge in [-0.3, -0.25) is 4.79 Å². The standard InChI is InChI=1S/C24H35N3O3S2/c1-16-14-17(2)19(4)23(18(16)3)32(29,30)27-11-9-20(10-12-27)24(28)25-15-21(26(5)6)22-8-7-13-31-22/h7-8,13-14,20-21H,9-12,15H2,1-6H3,(H,25,28)/t21-/m1/s1. The largest absolute Gasteiger partial charge is 0.354 e. The number of amides is 1. The Morgan fingerprint density at radius 2 is 1.75 bits per heavy atom. The van der Waals surface area contributed by atoms with Crippen LogP contribution in [-0.2, 0) is 14.8 Å². The Kier molecular flexibility index (Phi) is 7.81. The van der Waals surface area contributed by atoms with Crippen molar-refractivity contribution in [3.63, 3.8) is 0 Å². The number of piperidine rings is 1. The van der Waals surface area contributed by atoms with E-state index in [4.69, 9.17) is 0 Å². The SMILES string of the molecule is Cc1cc(C)c(C)c(S(=O)(=O)N2CCC(C(=O)NC[C@H](c3cccs3)N(C)C)CC2)c1C. The van der Waals surface area contributed by atoms with Crippen molar-refractivity contribution in [2.24, 2.45) is 5.92 Å². The Morgan fingerprint density at radius 3 is 2.25 bits per heavy atom. The van der Waals surface area contributed by atoms with E-state index in [0.29, 0.717) is 37.4 Å². The summed E-state index contributed by atoms with van der Waals surface area (Å²) < 4.78 is 28.5. The molecule has 1 amide bonds. The fraction of sp³-hybridized carbons (Fsp3) is 0.542. The lowest BCUT2D eigenvalue weighted by molar-refractivity contribution is -0.126. The quantitative estimate of drug-likeness (QED) is 0.659. The molecule has 1 saturated heterocycles. The topological polar surface area (TPSA) is 69.7 Å². The smallest absolute Gasteiger partial charge is 0.243 e. The van der Waals surface area contributed by atoms with Crippen molar-refractivity contribution in [3.05, 3.63) is 50.7 Å². The first-order valence-corrected chi connectivity index (χ1v) is 13.4. The van der Waals surface area contributed by atoms with Crippen LogP contribution in [-0.4, -0.2) is 57.3 Å². The molecule has 0 saturated carbocycles. The van der Waals surface area contributed by atoms with Crippen molar-refractivity contribution >= 4 is 27.3 Å². The molecule has 1 aliphatic rings. The minimum atomic E-state index is -3.59. The summed E-state index contributed by atoms with van der Waals surface area (Å²) in [7, 11) is 0.434. The summed E-state index contributed by atoms with van der Waals surface area (Å²) >= 11 is 1.69. The molecule has 6 nitrogen and oxygen atoms in total. The molecular formula is C24H35N3O3S2. The summed E-state index contributed by atoms with van der Waals surface area (Å²) in [6.45, 7) is 8.95. The summed E-state index contributed by atoms with van der Waals surface area (Å²) in [5.74, 6) is -0.141. The Morgan fingerprint density at radius 1 is 1.16 bits per heavy atom. The van der Waals surface area contributed by atoms with Crippen LogP contribution in [0.5, 0.6) is 0 Å². The van der Waals surface area contributed by atoms with Gasteiger partial charge in [-0.15, -0.1) is 11.3 Å². The normalized spacial score (nSPS) is 17.0. The second-order valence-corrected chi connectivity index (χ2v) is 11.9. The van der Waals surface area contributed by atoms with Gasteiger partial charge in [0, 0.05) is 30.4 Å². The van der Waals surface area contributed by atoms with Crippen LogP contribution in [0.1, 0.15) is 46.0 Å². The fourth-order valence-electron chi connectivity index (χ4n) is 4.42. The number of carbonyl (C=O) groups excluding carboxylic acids is 1. The van der Waals surface area contributed by atoms with Crippen LogP contribution in [0.2, 0.25) is 0 Å². The van der Waals surface area contributed by atoms with E-state index >= 15 is 0 Å². The molecule has 1 N–H and O–H groups in total. The summed E-state index contributed by atoms with van der Waals surface area (Å²) in [6, 6.07) is 6.28. The molecule has 0 bridgehead atoms. The first kappa shape index (κ1) is 24.9. The molecule has 0 radical (unpaired) electrons. The Labute approximate surface area is 196 Å². The molecule has 1 atom stereocenters. The monoisotopic (exact) mass is 477 g/mol. The number of likely N-dealkylation sites (N-methyl/N-ethyl adjacent to an activating group) is 1. The first-order chi connectivity index (χ1) is 15.0. The molecule has 1 aliphatic heterocycles. The third-order valence-corrected chi connectivity index (χ3v) is 9.83. The van der Waals surface area contributed by atoms with E-state index in [-0.39, 0.29) is 17.9 Å². The molecule has 3 rings (SSSR count). The number of benzene rings is 1. The van der Waals surface area contributed by atoms with Gasteiger partial charge in [-0.25, -0.2) is 8.42 Å². The van der Waals surface area contributed by atoms with Gasteiger partial charge < -0.3 is 10.2 Å². The van der Waals surface area contributed by atoms with Crippen LogP contribution in [0.15, 0.2) is 28.5 Å². The van der Waals surface area contributed by atoms with Gasteiger partial charge in [-0.2, -0.15) is 4.31 Å². The Balaban J connectivity index is 1.64. The van der Waals surface area contributed by atoms with Crippen LogP contribution >= 0.6 is 11.3 Å². The zero-order valence-corrected chi connectivity index (χ0v) is 21.6. The molecule has 176 valence electrons. The predicted octanol–water partition coefficient (Wildman–Crippen LogP) is 3.80. The highest BCUT2D eigenvalue weighted by Crippen LogP contribution is 2.31. The number of thiophene rings is 1. The average Bonchev–Trinajstić information content (AvgIpc) is 3.26. The number of hydrogen-bond acceptors (Lipinski definition) is 5. The Hall–Kier alpha value is -1.74. The third-order valence-electron chi connectivity index (χ3n) is 6.68. The molecule has 32 heavy (non-hydrogen) atoms. The maximum absolute atomic E-state index is 13.5. The highest BCUT2D eigenvalue weighted by Gasteiger charge is 2.34. The average molecular weight is 478 g/mol. The van der Waals surface area contributed by atoms with Gasteiger partial charge in [0.2, 0.25) is 15.9 Å². The number of rotatable bonds is 7. The number of nitrogens with zero attached hydrogens (tertiary/aromatic N) is 2. The van der Waals surface area contributed by atoms with Crippen LogP contribution in [0, 0.1) is 33.6 Å². The first-order valence-electron chi connectivity index (χ1n) is 11.1. The van der Waals surface area contributed by atoms with Crippen molar-refractivity contribution < 1.29 is 13.2 Å². The van der Waals surface area contributed by atoms with Gasteiger partial charge in [0.25, 0.3) is 0 Å². The van der Waals surface area contributed by atoms with Crippen molar-refractivity contribution in [1.29, 1.82) is 0 Å². The van der Waals surface area contributed by atoms with E-state index in [1.54, 1.807) is 15.6 Å². The second-order valence-electron chi connectivity index (χ2n) is 9.01. The molecule has 1 aromatic heterocycles. The van der Waals surface area contributed by atoms with E-state index in [1.807, 2.05) is 59.3 Å². The van der Waals surface area contributed by atoms with E-state index in [2.05, 4.69) is 16.3 Å². The van der Waals surface area contributed by atoms with Crippen LogP contribution < -0.4 is 5.32 Å². The van der Waals surface area contributed by atoms with Gasteiger partial charge in [-0.1, -0.05) is 12.1 Å². The summed E-state index contributed by atoms with van der Waals surface area (Å²) in [6.07, 6.45) is 1.08. The van der Waals surface area contributed by atoms with Gasteiger partial charge in [0.05, 0.1) is 10.9 Å². The van der Waals surface area contributed by atoms with Gasteiger partial charge in [0.15, 0.2) is 0 Å². The molecule has 8 heteroatoms. The van der Waals surface area contributed by atoms with Gasteiger partial charge in [-0.05, 0) is 88.3 Å². The summed E-state index contributed by atoms with van der Waals surface area (Å²) in [5.41, 5.74) is 3.61. The lowest BCUT2D eigenvalue weighted by Crippen LogP contribution is -2.44. The van der Waals surface area contributed by atoms with Crippen molar-refractivity contribution in [1.82, 2.24) is 14.5 Å². The number of nitrogens with one attached hydrogen (secondary N) is 1. The third kappa shape index (κ3) is 5.09. The second kappa shape index (κ2) is 10.0. The van der Waals surface area contributed by atoms with E-state index in [1.165, 1.54) is 4.88 Å². The number of carbonyl (C=O) groups is 1. The highest BCUT2D eigenvalue weighted by molar-refractivity contribution is 7.89. The van der Waals surface area contributed by atoms with Gasteiger partial charge in [0.1, 0.15) is 0 Å². The molecule has 1 aromatic carbocycles. The zero-order valence-electron chi connectivity index (χ0n) is 19.9. The molecule has 0 spiro atoms. The number of sulfonamides is 1. The summed E-state index contributed by atoms with van der Waals surface area (Å²) in [5, 5.41) is 5.14. The Bertz CT molecular complexity index is 1030. The molecule has 1 fully saturated rings. The lowest BCUT2D eigenvalue weighted by atomic mass is 9.97. The zero-order chi connectivity index (χ0) is 23.6. The maximum Gasteiger partial charge on any atom is 0.243 e. The predicted molar refractivity (Wildman–Crippen MR) is 131 cm³/mol.